The number of amides is 1. The lowest BCUT2D eigenvalue weighted by Gasteiger charge is -2.12. The number of halogens is 2. The molecule has 29 heavy (non-hydrogen) atoms. The minimum atomic E-state index is -0.540. The molecular formula is C21H20F2N4O2. The summed E-state index contributed by atoms with van der Waals surface area (Å²) in [5, 5.41) is 10.3. The van der Waals surface area contributed by atoms with Gasteiger partial charge in [0.25, 0.3) is 0 Å². The lowest BCUT2D eigenvalue weighted by atomic mass is 10.0. The van der Waals surface area contributed by atoms with E-state index in [1.807, 2.05) is 0 Å². The normalized spacial score (nSPS) is 11.1. The Labute approximate surface area is 166 Å². The van der Waals surface area contributed by atoms with Crippen LogP contribution < -0.4 is 5.32 Å². The Morgan fingerprint density at radius 2 is 2.03 bits per heavy atom. The van der Waals surface area contributed by atoms with Gasteiger partial charge in [0.05, 0.1) is 18.3 Å². The van der Waals surface area contributed by atoms with Crippen molar-refractivity contribution in [1.82, 2.24) is 9.78 Å². The third kappa shape index (κ3) is 4.48. The van der Waals surface area contributed by atoms with E-state index in [0.29, 0.717) is 22.5 Å². The minimum absolute atomic E-state index is 0.152. The molecule has 1 amide bonds. The molecule has 1 N–H and O–H groups in total. The van der Waals surface area contributed by atoms with Crippen LogP contribution in [-0.2, 0) is 23.1 Å². The molecule has 3 aromatic rings. The number of oxime groups is 1. The SMILES string of the molecule is CON=Cc1ccc(-c2ccccc2NC(=O)Cc2c(C)nn(C)c2F)cc1F. The van der Waals surface area contributed by atoms with Gasteiger partial charge in [-0.05, 0) is 30.7 Å². The van der Waals surface area contributed by atoms with Gasteiger partial charge in [-0.2, -0.15) is 9.49 Å². The third-order valence-electron chi connectivity index (χ3n) is 4.42. The number of nitrogens with one attached hydrogen (secondary N) is 1. The van der Waals surface area contributed by atoms with Crippen molar-refractivity contribution in [3.05, 3.63) is 71.1 Å². The number of benzene rings is 2. The molecule has 0 radical (unpaired) electrons. The van der Waals surface area contributed by atoms with E-state index in [0.717, 1.165) is 4.68 Å². The second-order valence-electron chi connectivity index (χ2n) is 6.40. The number of hydrogen-bond acceptors (Lipinski definition) is 4. The first kappa shape index (κ1) is 20.2. The minimum Gasteiger partial charge on any atom is -0.399 e. The highest BCUT2D eigenvalue weighted by molar-refractivity contribution is 5.96. The number of para-hydroxylation sites is 1. The van der Waals surface area contributed by atoms with Crippen molar-refractivity contribution in [1.29, 1.82) is 0 Å². The Hall–Kier alpha value is -3.55. The van der Waals surface area contributed by atoms with Crippen molar-refractivity contribution in [2.75, 3.05) is 12.4 Å². The molecule has 1 heterocycles. The first-order chi connectivity index (χ1) is 13.9. The fourth-order valence-electron chi connectivity index (χ4n) is 2.98. The van der Waals surface area contributed by atoms with E-state index in [9.17, 15) is 13.6 Å². The molecule has 0 bridgehead atoms. The topological polar surface area (TPSA) is 68.5 Å². The number of aromatic nitrogens is 2. The molecule has 1 aromatic heterocycles. The number of carbonyl (C=O) groups is 1. The lowest BCUT2D eigenvalue weighted by molar-refractivity contribution is -0.115. The molecule has 6 nitrogen and oxygen atoms in total. The summed E-state index contributed by atoms with van der Waals surface area (Å²) in [6, 6.07) is 11.7. The summed E-state index contributed by atoms with van der Waals surface area (Å²) in [5.41, 5.74) is 2.70. The Balaban J connectivity index is 1.85. The number of anilines is 1. The van der Waals surface area contributed by atoms with Crippen LogP contribution in [0.5, 0.6) is 0 Å². The number of carbonyl (C=O) groups excluding carboxylic acids is 1. The summed E-state index contributed by atoms with van der Waals surface area (Å²) in [6.45, 7) is 1.65. The highest BCUT2D eigenvalue weighted by Crippen LogP contribution is 2.29. The first-order valence-corrected chi connectivity index (χ1v) is 8.84. The lowest BCUT2D eigenvalue weighted by Crippen LogP contribution is -2.16. The Bertz CT molecular complexity index is 1080. The molecule has 0 saturated carbocycles. The maximum atomic E-state index is 14.3. The smallest absolute Gasteiger partial charge is 0.229 e. The molecule has 0 atom stereocenters. The fourth-order valence-corrected chi connectivity index (χ4v) is 2.98. The number of hydrogen-bond donors (Lipinski definition) is 1. The van der Waals surface area contributed by atoms with Gasteiger partial charge in [0.1, 0.15) is 12.9 Å². The fraction of sp³-hybridized carbons (Fsp3) is 0.190. The van der Waals surface area contributed by atoms with Crippen molar-refractivity contribution in [3.8, 4) is 11.1 Å². The van der Waals surface area contributed by atoms with E-state index in [4.69, 9.17) is 0 Å². The van der Waals surface area contributed by atoms with Crippen LogP contribution in [0.3, 0.4) is 0 Å². The molecule has 2 aromatic carbocycles. The molecule has 8 heteroatoms. The van der Waals surface area contributed by atoms with Gasteiger partial charge in [-0.1, -0.05) is 29.4 Å². The van der Waals surface area contributed by atoms with Crippen LogP contribution in [0.25, 0.3) is 11.1 Å². The summed E-state index contributed by atoms with van der Waals surface area (Å²) in [4.78, 5) is 17.1. The van der Waals surface area contributed by atoms with Gasteiger partial charge in [0.15, 0.2) is 0 Å². The largest absolute Gasteiger partial charge is 0.399 e. The highest BCUT2D eigenvalue weighted by Gasteiger charge is 2.17. The van der Waals surface area contributed by atoms with E-state index in [-0.39, 0.29) is 17.5 Å². The van der Waals surface area contributed by atoms with Crippen LogP contribution in [-0.4, -0.2) is 29.0 Å². The Morgan fingerprint density at radius 1 is 1.28 bits per heavy atom. The molecule has 0 aliphatic heterocycles. The predicted octanol–water partition coefficient (Wildman–Crippen LogP) is 3.84. The van der Waals surface area contributed by atoms with Crippen LogP contribution in [0.15, 0.2) is 47.6 Å². The van der Waals surface area contributed by atoms with Crippen LogP contribution in [0.4, 0.5) is 14.5 Å². The highest BCUT2D eigenvalue weighted by atomic mass is 19.1. The van der Waals surface area contributed by atoms with Crippen molar-refractivity contribution in [3.63, 3.8) is 0 Å². The van der Waals surface area contributed by atoms with E-state index in [2.05, 4.69) is 20.4 Å². The molecule has 0 aliphatic carbocycles. The van der Waals surface area contributed by atoms with Crippen LogP contribution >= 0.6 is 0 Å². The van der Waals surface area contributed by atoms with Gasteiger partial charge in [0, 0.05) is 29.4 Å². The second kappa shape index (κ2) is 8.64. The van der Waals surface area contributed by atoms with Crippen LogP contribution in [0.1, 0.15) is 16.8 Å². The zero-order chi connectivity index (χ0) is 21.0. The quantitative estimate of drug-likeness (QED) is 0.507. The van der Waals surface area contributed by atoms with Crippen LogP contribution in [0.2, 0.25) is 0 Å². The number of rotatable bonds is 6. The van der Waals surface area contributed by atoms with Gasteiger partial charge in [0.2, 0.25) is 11.9 Å². The molecule has 0 fully saturated rings. The van der Waals surface area contributed by atoms with E-state index in [1.165, 1.54) is 26.4 Å². The summed E-state index contributed by atoms with van der Waals surface area (Å²) in [5.74, 6) is -1.41. The van der Waals surface area contributed by atoms with E-state index < -0.39 is 17.7 Å². The summed E-state index contributed by atoms with van der Waals surface area (Å²) in [7, 11) is 2.86. The van der Waals surface area contributed by atoms with Gasteiger partial charge >= 0.3 is 0 Å². The van der Waals surface area contributed by atoms with E-state index in [1.54, 1.807) is 43.3 Å². The molecule has 150 valence electrons. The Morgan fingerprint density at radius 3 is 2.69 bits per heavy atom. The predicted molar refractivity (Wildman–Crippen MR) is 107 cm³/mol. The summed E-state index contributed by atoms with van der Waals surface area (Å²) < 4.78 is 29.5. The zero-order valence-electron chi connectivity index (χ0n) is 16.2. The average molecular weight is 398 g/mol. The molecule has 0 saturated heterocycles. The molecular weight excluding hydrogens is 378 g/mol. The average Bonchev–Trinajstić information content (AvgIpc) is 2.93. The molecule has 0 aliphatic rings. The van der Waals surface area contributed by atoms with Crippen LogP contribution in [0, 0.1) is 18.7 Å². The summed E-state index contributed by atoms with van der Waals surface area (Å²) in [6.07, 6.45) is 1.12. The monoisotopic (exact) mass is 398 g/mol. The van der Waals surface area contributed by atoms with Crippen molar-refractivity contribution >= 4 is 17.8 Å². The maximum Gasteiger partial charge on any atom is 0.229 e. The molecule has 0 spiro atoms. The van der Waals surface area contributed by atoms with Gasteiger partial charge < -0.3 is 10.2 Å². The first-order valence-electron chi connectivity index (χ1n) is 8.84. The van der Waals surface area contributed by atoms with Crippen molar-refractivity contribution < 1.29 is 18.4 Å². The maximum absolute atomic E-state index is 14.3. The van der Waals surface area contributed by atoms with E-state index >= 15 is 0 Å². The number of nitrogens with zero attached hydrogens (tertiary/aromatic N) is 3. The molecule has 3 rings (SSSR count). The van der Waals surface area contributed by atoms with Gasteiger partial charge in [-0.15, -0.1) is 0 Å². The standard InChI is InChI=1S/C21H20F2N4O2/c1-13-17(21(23)27(2)26-13)11-20(28)25-19-7-5-4-6-16(19)14-8-9-15(12-24-29-3)18(22)10-14/h4-10,12H,11H2,1-3H3,(H,25,28). The van der Waals surface area contributed by atoms with Gasteiger partial charge in [-0.25, -0.2) is 9.07 Å². The van der Waals surface area contributed by atoms with Gasteiger partial charge in [-0.3, -0.25) is 4.79 Å². The van der Waals surface area contributed by atoms with Crippen molar-refractivity contribution in [2.24, 2.45) is 12.2 Å². The third-order valence-corrected chi connectivity index (χ3v) is 4.42. The summed E-state index contributed by atoms with van der Waals surface area (Å²) >= 11 is 0. The second-order valence-corrected chi connectivity index (χ2v) is 6.40. The molecule has 0 unspecified atom stereocenters. The van der Waals surface area contributed by atoms with Crippen molar-refractivity contribution in [2.45, 2.75) is 13.3 Å². The Kier molecular flexibility index (Phi) is 6.01. The number of aryl methyl sites for hydroxylation is 2. The zero-order valence-corrected chi connectivity index (χ0v) is 16.2.